The second-order valence-electron chi connectivity index (χ2n) is 4.75. The van der Waals surface area contributed by atoms with Crippen LogP contribution in [0.25, 0.3) is 0 Å². The van der Waals surface area contributed by atoms with Crippen LogP contribution in [0.15, 0.2) is 32.2 Å². The third-order valence-corrected chi connectivity index (χ3v) is 10.2. The minimum absolute atomic E-state index is 0.00678. The molecule has 2 atom stereocenters. The van der Waals surface area contributed by atoms with Gasteiger partial charge in [0.1, 0.15) is 8.16 Å². The third-order valence-electron chi connectivity index (χ3n) is 2.97. The number of allylic oxidation sites excluding steroid dienone is 2. The van der Waals surface area contributed by atoms with E-state index < -0.39 is 0 Å². The predicted octanol–water partition coefficient (Wildman–Crippen LogP) is 5.55. The Kier molecular flexibility index (Phi) is 4.86. The molecular formula is C13H18N2S4. The molecule has 2 rings (SSSR count). The van der Waals surface area contributed by atoms with E-state index in [2.05, 4.69) is 45.0 Å². The van der Waals surface area contributed by atoms with Gasteiger partial charge in [-0.3, -0.25) is 9.98 Å². The van der Waals surface area contributed by atoms with E-state index in [9.17, 15) is 0 Å². The molecule has 2 aliphatic rings. The maximum atomic E-state index is 4.69. The molecule has 0 bridgehead atoms. The highest BCUT2D eigenvalue weighted by Crippen LogP contribution is 2.56. The lowest BCUT2D eigenvalue weighted by molar-refractivity contribution is 1.14. The summed E-state index contributed by atoms with van der Waals surface area (Å²) in [5.41, 5.74) is 2.34. The normalized spacial score (nSPS) is 34.7. The van der Waals surface area contributed by atoms with Crippen molar-refractivity contribution in [1.29, 1.82) is 0 Å². The van der Waals surface area contributed by atoms with Crippen LogP contribution in [0.3, 0.4) is 0 Å². The van der Waals surface area contributed by atoms with Crippen molar-refractivity contribution in [2.24, 2.45) is 9.98 Å². The molecular weight excluding hydrogens is 312 g/mol. The van der Waals surface area contributed by atoms with E-state index in [0.29, 0.717) is 0 Å². The van der Waals surface area contributed by atoms with Crippen LogP contribution in [-0.2, 0) is 0 Å². The van der Waals surface area contributed by atoms with Gasteiger partial charge in [-0.15, -0.1) is 23.5 Å². The van der Waals surface area contributed by atoms with Gasteiger partial charge in [0.05, 0.1) is 0 Å². The lowest BCUT2D eigenvalue weighted by Gasteiger charge is -2.34. The molecule has 0 aliphatic carbocycles. The lowest BCUT2D eigenvalue weighted by Crippen LogP contribution is -2.28. The molecule has 0 amide bonds. The molecule has 0 radical (unpaired) electrons. The van der Waals surface area contributed by atoms with Gasteiger partial charge in [-0.2, -0.15) is 0 Å². The highest BCUT2D eigenvalue weighted by Gasteiger charge is 2.37. The van der Waals surface area contributed by atoms with E-state index in [-0.39, 0.29) is 8.16 Å². The van der Waals surface area contributed by atoms with Crippen LogP contribution in [0.4, 0.5) is 0 Å². The molecule has 0 saturated heterocycles. The molecule has 2 aliphatic heterocycles. The second kappa shape index (κ2) is 5.92. The number of aliphatic imine (C=N–C) groups is 2. The summed E-state index contributed by atoms with van der Waals surface area (Å²) in [6, 6.07) is 0. The van der Waals surface area contributed by atoms with Gasteiger partial charge in [-0.25, -0.2) is 0 Å². The zero-order chi connectivity index (χ0) is 14.1. The van der Waals surface area contributed by atoms with Crippen molar-refractivity contribution in [3.63, 3.8) is 0 Å². The number of rotatable bonds is 3. The summed E-state index contributed by atoms with van der Waals surface area (Å²) in [6.45, 7) is 10.8. The SMILES string of the molecule is CC1=NC(C)=C(C)SC1(C)SSC1(C)C=NC=CS1. The summed E-state index contributed by atoms with van der Waals surface area (Å²) in [7, 11) is 3.75. The van der Waals surface area contributed by atoms with Crippen molar-refractivity contribution in [3.8, 4) is 0 Å². The van der Waals surface area contributed by atoms with Gasteiger partial charge in [0.15, 0.2) is 0 Å². The first kappa shape index (κ1) is 15.6. The monoisotopic (exact) mass is 330 g/mol. The summed E-state index contributed by atoms with van der Waals surface area (Å²) in [4.78, 5) is 10.3. The molecule has 2 heterocycles. The van der Waals surface area contributed by atoms with Crippen LogP contribution in [0.1, 0.15) is 34.6 Å². The summed E-state index contributed by atoms with van der Waals surface area (Å²) >= 11 is 3.72. The van der Waals surface area contributed by atoms with E-state index in [0.717, 1.165) is 5.70 Å². The molecule has 0 aromatic carbocycles. The Morgan fingerprint density at radius 1 is 1.16 bits per heavy atom. The minimum atomic E-state index is 0.00678. The highest BCUT2D eigenvalue weighted by molar-refractivity contribution is 8.81. The standard InChI is InChI=1S/C13H18N2S4/c1-9-10(2)17-13(5,11(3)15-9)19-18-12(4)8-14-6-7-16-12/h6-8H,1-5H3. The van der Waals surface area contributed by atoms with Crippen molar-refractivity contribution in [3.05, 3.63) is 22.2 Å². The van der Waals surface area contributed by atoms with Crippen LogP contribution in [0.5, 0.6) is 0 Å². The topological polar surface area (TPSA) is 24.7 Å². The lowest BCUT2D eigenvalue weighted by atomic mass is 10.3. The Labute approximate surface area is 131 Å². The molecule has 0 N–H and O–H groups in total. The number of hydrogen-bond donors (Lipinski definition) is 0. The average molecular weight is 331 g/mol. The molecule has 6 heteroatoms. The van der Waals surface area contributed by atoms with Gasteiger partial charge in [-0.1, -0.05) is 21.6 Å². The summed E-state index contributed by atoms with van der Waals surface area (Å²) in [5.74, 6) is 0. The van der Waals surface area contributed by atoms with E-state index in [4.69, 9.17) is 4.99 Å². The van der Waals surface area contributed by atoms with E-state index in [1.165, 1.54) is 10.6 Å². The largest absolute Gasteiger partial charge is 0.266 e. The fourth-order valence-electron chi connectivity index (χ4n) is 1.56. The van der Waals surface area contributed by atoms with Crippen molar-refractivity contribution in [2.45, 2.75) is 42.8 Å². The fraction of sp³-hybridized carbons (Fsp3) is 0.538. The average Bonchev–Trinajstić information content (AvgIpc) is 2.36. The molecule has 104 valence electrons. The first-order chi connectivity index (χ1) is 8.85. The van der Waals surface area contributed by atoms with Gasteiger partial charge in [0.25, 0.3) is 0 Å². The molecule has 0 fully saturated rings. The van der Waals surface area contributed by atoms with Crippen LogP contribution >= 0.6 is 45.1 Å². The van der Waals surface area contributed by atoms with Crippen LogP contribution in [0.2, 0.25) is 0 Å². The molecule has 19 heavy (non-hydrogen) atoms. The Bertz CT molecular complexity index is 495. The van der Waals surface area contributed by atoms with Crippen molar-refractivity contribution >= 4 is 57.0 Å². The zero-order valence-corrected chi connectivity index (χ0v) is 15.0. The quantitative estimate of drug-likeness (QED) is 0.633. The molecule has 2 nitrogen and oxygen atoms in total. The molecule has 2 unspecified atom stereocenters. The molecule has 0 spiro atoms. The van der Waals surface area contributed by atoms with Gasteiger partial charge < -0.3 is 0 Å². The third kappa shape index (κ3) is 3.65. The Morgan fingerprint density at radius 2 is 1.89 bits per heavy atom. The smallest absolute Gasteiger partial charge is 0.111 e. The van der Waals surface area contributed by atoms with Crippen molar-refractivity contribution in [2.75, 3.05) is 0 Å². The minimum Gasteiger partial charge on any atom is -0.266 e. The predicted molar refractivity (Wildman–Crippen MR) is 96.3 cm³/mol. The van der Waals surface area contributed by atoms with Gasteiger partial charge in [-0.05, 0) is 40.0 Å². The van der Waals surface area contributed by atoms with Gasteiger partial charge in [0, 0.05) is 28.7 Å². The van der Waals surface area contributed by atoms with E-state index >= 15 is 0 Å². The molecule has 0 aromatic rings. The summed E-state index contributed by atoms with van der Waals surface area (Å²) in [5, 5.41) is 2.06. The number of nitrogens with zero attached hydrogens (tertiary/aromatic N) is 2. The van der Waals surface area contributed by atoms with Gasteiger partial charge >= 0.3 is 0 Å². The summed E-state index contributed by atoms with van der Waals surface area (Å²) < 4.78 is 0.0141. The van der Waals surface area contributed by atoms with E-state index in [1.54, 1.807) is 11.8 Å². The number of hydrogen-bond acceptors (Lipinski definition) is 6. The van der Waals surface area contributed by atoms with Crippen molar-refractivity contribution < 1.29 is 0 Å². The fourth-order valence-corrected chi connectivity index (χ4v) is 7.22. The zero-order valence-electron chi connectivity index (χ0n) is 11.8. The van der Waals surface area contributed by atoms with Crippen LogP contribution in [0, 0.1) is 0 Å². The Hall–Kier alpha value is 0.220. The molecule has 0 aromatic heterocycles. The Balaban J connectivity index is 2.06. The first-order valence-electron chi connectivity index (χ1n) is 6.01. The molecule has 0 saturated carbocycles. The van der Waals surface area contributed by atoms with Gasteiger partial charge in [0.2, 0.25) is 0 Å². The Morgan fingerprint density at radius 3 is 2.53 bits per heavy atom. The van der Waals surface area contributed by atoms with E-state index in [1.807, 2.05) is 45.8 Å². The highest BCUT2D eigenvalue weighted by atomic mass is 33.1. The summed E-state index contributed by atoms with van der Waals surface area (Å²) in [6.07, 6.45) is 3.87. The first-order valence-corrected chi connectivity index (χ1v) is 9.85. The van der Waals surface area contributed by atoms with Crippen LogP contribution in [-0.4, -0.2) is 20.1 Å². The maximum absolute atomic E-state index is 4.69. The maximum Gasteiger partial charge on any atom is 0.111 e. The number of thioether (sulfide) groups is 2. The second-order valence-corrected chi connectivity index (χ2v) is 11.3. The van der Waals surface area contributed by atoms with Crippen LogP contribution < -0.4 is 0 Å². The van der Waals surface area contributed by atoms with Crippen molar-refractivity contribution in [1.82, 2.24) is 0 Å².